The highest BCUT2D eigenvalue weighted by molar-refractivity contribution is 5.43. The molecule has 2 heteroatoms. The lowest BCUT2D eigenvalue weighted by Gasteiger charge is -2.11. The Morgan fingerprint density at radius 3 is 2.88 bits per heavy atom. The van der Waals surface area contributed by atoms with Gasteiger partial charge in [0.25, 0.3) is 0 Å². The molecule has 0 heterocycles. The molecule has 0 aliphatic carbocycles. The van der Waals surface area contributed by atoms with Gasteiger partial charge in [-0.25, -0.2) is 0 Å². The first kappa shape index (κ1) is 13.2. The molecule has 2 nitrogen and oxygen atoms in total. The Labute approximate surface area is 103 Å². The second-order valence-corrected chi connectivity index (χ2v) is 3.63. The van der Waals surface area contributed by atoms with Gasteiger partial charge in [-0.15, -0.1) is 18.9 Å². The minimum absolute atomic E-state index is 0.612. The highest BCUT2D eigenvalue weighted by Crippen LogP contribution is 2.28. The zero-order valence-corrected chi connectivity index (χ0v) is 10.2. The Morgan fingerprint density at radius 2 is 2.24 bits per heavy atom. The zero-order chi connectivity index (χ0) is 12.5. The molecule has 0 saturated heterocycles. The minimum Gasteiger partial charge on any atom is -0.493 e. The van der Waals surface area contributed by atoms with Gasteiger partial charge in [-0.1, -0.05) is 12.1 Å². The molecular formula is C15H18O2. The van der Waals surface area contributed by atoms with E-state index in [-0.39, 0.29) is 0 Å². The molecule has 0 atom stereocenters. The number of unbranched alkanes of at least 4 members (excludes halogenated alkanes) is 1. The molecule has 0 aliphatic heterocycles. The maximum Gasteiger partial charge on any atom is 0.161 e. The fourth-order valence-corrected chi connectivity index (χ4v) is 1.48. The van der Waals surface area contributed by atoms with E-state index in [1.54, 1.807) is 7.11 Å². The molecule has 0 unspecified atom stereocenters. The monoisotopic (exact) mass is 230 g/mol. The predicted octanol–water partition coefficient (Wildman–Crippen LogP) is 3.22. The Kier molecular flexibility index (Phi) is 5.74. The summed E-state index contributed by atoms with van der Waals surface area (Å²) in [4.78, 5) is 0. The third kappa shape index (κ3) is 4.24. The lowest BCUT2D eigenvalue weighted by Crippen LogP contribution is -1.99. The number of hydrogen-bond donors (Lipinski definition) is 0. The van der Waals surface area contributed by atoms with Crippen LogP contribution in [-0.4, -0.2) is 13.7 Å². The largest absolute Gasteiger partial charge is 0.493 e. The molecule has 0 radical (unpaired) electrons. The van der Waals surface area contributed by atoms with Gasteiger partial charge < -0.3 is 9.47 Å². The molecule has 1 rings (SSSR count). The average Bonchev–Trinajstić information content (AvgIpc) is 2.36. The van der Waals surface area contributed by atoms with Crippen LogP contribution >= 0.6 is 0 Å². The van der Waals surface area contributed by atoms with E-state index in [4.69, 9.17) is 15.9 Å². The predicted molar refractivity (Wildman–Crippen MR) is 70.5 cm³/mol. The van der Waals surface area contributed by atoms with Gasteiger partial charge in [0, 0.05) is 6.42 Å². The maximum absolute atomic E-state index is 5.62. The van der Waals surface area contributed by atoms with Crippen molar-refractivity contribution in [3.05, 3.63) is 36.4 Å². The molecule has 0 fully saturated rings. The zero-order valence-electron chi connectivity index (χ0n) is 10.2. The summed E-state index contributed by atoms with van der Waals surface area (Å²) < 4.78 is 10.9. The standard InChI is InChI=1S/C15H18O2/c1-4-6-7-11-17-14-10-9-13(8-5-2)12-15(14)16-3/h1,5,9-10,12H,2,6-8,11H2,3H3. The van der Waals surface area contributed by atoms with Gasteiger partial charge >= 0.3 is 0 Å². The van der Waals surface area contributed by atoms with Crippen molar-refractivity contribution in [2.24, 2.45) is 0 Å². The average molecular weight is 230 g/mol. The summed E-state index contributed by atoms with van der Waals surface area (Å²) in [7, 11) is 1.64. The van der Waals surface area contributed by atoms with Gasteiger partial charge in [0.1, 0.15) is 0 Å². The SMILES string of the molecule is C#CCCCOc1ccc(CC=C)cc1OC. The van der Waals surface area contributed by atoms with E-state index in [9.17, 15) is 0 Å². The van der Waals surface area contributed by atoms with Crippen LogP contribution in [0.2, 0.25) is 0 Å². The van der Waals surface area contributed by atoms with E-state index >= 15 is 0 Å². The Balaban J connectivity index is 2.65. The van der Waals surface area contributed by atoms with Crippen LogP contribution in [-0.2, 0) is 6.42 Å². The van der Waals surface area contributed by atoms with Crippen molar-refractivity contribution in [1.29, 1.82) is 0 Å². The van der Waals surface area contributed by atoms with Crippen molar-refractivity contribution in [3.63, 3.8) is 0 Å². The number of ether oxygens (including phenoxy) is 2. The summed E-state index contributed by atoms with van der Waals surface area (Å²) in [5, 5.41) is 0. The number of methoxy groups -OCH3 is 1. The lowest BCUT2D eigenvalue weighted by atomic mass is 10.1. The topological polar surface area (TPSA) is 18.5 Å². The van der Waals surface area contributed by atoms with Crippen molar-refractivity contribution in [2.45, 2.75) is 19.3 Å². The molecule has 0 N–H and O–H groups in total. The van der Waals surface area contributed by atoms with Gasteiger partial charge in [0.05, 0.1) is 13.7 Å². The Hall–Kier alpha value is -1.88. The first-order valence-electron chi connectivity index (χ1n) is 5.66. The molecule has 1 aromatic carbocycles. The quantitative estimate of drug-likeness (QED) is 0.407. The summed E-state index contributed by atoms with van der Waals surface area (Å²) in [6, 6.07) is 5.91. The van der Waals surface area contributed by atoms with Gasteiger partial charge in [-0.2, -0.15) is 0 Å². The molecule has 90 valence electrons. The number of terminal acetylenes is 1. The van der Waals surface area contributed by atoms with E-state index in [2.05, 4.69) is 12.5 Å². The van der Waals surface area contributed by atoms with Crippen molar-refractivity contribution >= 4 is 0 Å². The number of benzene rings is 1. The van der Waals surface area contributed by atoms with Crippen LogP contribution < -0.4 is 9.47 Å². The van der Waals surface area contributed by atoms with E-state index in [0.29, 0.717) is 6.61 Å². The van der Waals surface area contributed by atoms with Gasteiger partial charge in [-0.05, 0) is 30.5 Å². The number of rotatable bonds is 7. The lowest BCUT2D eigenvalue weighted by molar-refractivity contribution is 0.291. The fraction of sp³-hybridized carbons (Fsp3) is 0.333. The van der Waals surface area contributed by atoms with Crippen molar-refractivity contribution in [2.75, 3.05) is 13.7 Å². The van der Waals surface area contributed by atoms with Crippen LogP contribution in [0.5, 0.6) is 11.5 Å². The van der Waals surface area contributed by atoms with Crippen LogP contribution in [0.3, 0.4) is 0 Å². The van der Waals surface area contributed by atoms with Gasteiger partial charge in [0.15, 0.2) is 11.5 Å². The number of allylic oxidation sites excluding steroid dienone is 1. The minimum atomic E-state index is 0.612. The third-order valence-corrected chi connectivity index (χ3v) is 2.33. The molecular weight excluding hydrogens is 212 g/mol. The first-order chi connectivity index (χ1) is 8.31. The summed E-state index contributed by atoms with van der Waals surface area (Å²) in [6.07, 6.45) is 9.46. The van der Waals surface area contributed by atoms with Gasteiger partial charge in [-0.3, -0.25) is 0 Å². The molecule has 0 saturated carbocycles. The molecule has 1 aromatic rings. The summed E-state index contributed by atoms with van der Waals surface area (Å²) >= 11 is 0. The molecule has 0 bridgehead atoms. The summed E-state index contributed by atoms with van der Waals surface area (Å²) in [6.45, 7) is 4.33. The van der Waals surface area contributed by atoms with Crippen LogP contribution in [0.4, 0.5) is 0 Å². The molecule has 0 aliphatic rings. The van der Waals surface area contributed by atoms with E-state index in [1.165, 1.54) is 0 Å². The van der Waals surface area contributed by atoms with Crippen molar-refractivity contribution in [1.82, 2.24) is 0 Å². The van der Waals surface area contributed by atoms with E-state index < -0.39 is 0 Å². The maximum atomic E-state index is 5.62. The van der Waals surface area contributed by atoms with Crippen LogP contribution in [0.1, 0.15) is 18.4 Å². The first-order valence-corrected chi connectivity index (χ1v) is 5.66. The third-order valence-electron chi connectivity index (χ3n) is 2.33. The van der Waals surface area contributed by atoms with E-state index in [1.807, 2.05) is 24.3 Å². The van der Waals surface area contributed by atoms with Crippen molar-refractivity contribution in [3.8, 4) is 23.8 Å². The molecule has 0 aromatic heterocycles. The molecule has 17 heavy (non-hydrogen) atoms. The fourth-order valence-electron chi connectivity index (χ4n) is 1.48. The van der Waals surface area contributed by atoms with Crippen molar-refractivity contribution < 1.29 is 9.47 Å². The second-order valence-electron chi connectivity index (χ2n) is 3.63. The van der Waals surface area contributed by atoms with Gasteiger partial charge in [0.2, 0.25) is 0 Å². The Morgan fingerprint density at radius 1 is 1.41 bits per heavy atom. The smallest absolute Gasteiger partial charge is 0.161 e. The van der Waals surface area contributed by atoms with E-state index in [0.717, 1.165) is 36.3 Å². The highest BCUT2D eigenvalue weighted by Gasteiger charge is 2.04. The summed E-state index contributed by atoms with van der Waals surface area (Å²) in [5.74, 6) is 4.10. The van der Waals surface area contributed by atoms with Crippen LogP contribution in [0, 0.1) is 12.3 Å². The Bertz CT molecular complexity index is 402. The highest BCUT2D eigenvalue weighted by atomic mass is 16.5. The number of hydrogen-bond acceptors (Lipinski definition) is 2. The molecule has 0 spiro atoms. The van der Waals surface area contributed by atoms with Crippen LogP contribution in [0.25, 0.3) is 0 Å². The van der Waals surface area contributed by atoms with Crippen LogP contribution in [0.15, 0.2) is 30.9 Å². The second kappa shape index (κ2) is 7.40. The molecule has 0 amide bonds. The summed E-state index contributed by atoms with van der Waals surface area (Å²) in [5.41, 5.74) is 1.16. The normalized spacial score (nSPS) is 9.41.